The lowest BCUT2D eigenvalue weighted by Gasteiger charge is -2.11. The molecule has 0 unspecified atom stereocenters. The van der Waals surface area contributed by atoms with Crippen molar-refractivity contribution >= 4 is 21.3 Å². The fraction of sp³-hybridized carbons (Fsp3) is 0.167. The fourth-order valence-corrected chi connectivity index (χ4v) is 4.73. The lowest BCUT2D eigenvalue weighted by Crippen LogP contribution is -2.10. The van der Waals surface area contributed by atoms with Gasteiger partial charge >= 0.3 is 5.97 Å². The van der Waals surface area contributed by atoms with Crippen molar-refractivity contribution < 1.29 is 23.4 Å². The number of phenols is 1. The van der Waals surface area contributed by atoms with E-state index < -0.39 is 15.8 Å². The molecule has 0 saturated carbocycles. The van der Waals surface area contributed by atoms with Crippen LogP contribution in [0.1, 0.15) is 35.7 Å². The second kappa shape index (κ2) is 5.93. The average molecular weight is 359 g/mol. The number of nitrogens with zero attached hydrogens (tertiary/aromatic N) is 1. The van der Waals surface area contributed by atoms with Gasteiger partial charge in [0.1, 0.15) is 10.8 Å². The van der Waals surface area contributed by atoms with Crippen molar-refractivity contribution in [1.82, 2.24) is 4.40 Å². The van der Waals surface area contributed by atoms with Gasteiger partial charge in [-0.1, -0.05) is 19.9 Å². The van der Waals surface area contributed by atoms with Gasteiger partial charge < -0.3 is 14.6 Å². The molecule has 3 rings (SSSR count). The predicted octanol–water partition coefficient (Wildman–Crippen LogP) is 3.30. The molecule has 0 amide bonds. The zero-order valence-corrected chi connectivity index (χ0v) is 14.5. The number of aromatic nitrogens is 1. The van der Waals surface area contributed by atoms with Crippen LogP contribution in [-0.2, 0) is 9.84 Å². The number of aromatic hydroxyl groups is 1. The summed E-state index contributed by atoms with van der Waals surface area (Å²) in [6.07, 6.45) is 1.54. The summed E-state index contributed by atoms with van der Waals surface area (Å²) in [6.45, 7) is 3.52. The normalized spacial score (nSPS) is 12.0. The number of hydrogen-bond acceptors (Lipinski definition) is 4. The van der Waals surface area contributed by atoms with Gasteiger partial charge in [-0.15, -0.1) is 0 Å². The highest BCUT2D eigenvalue weighted by atomic mass is 32.2. The maximum absolute atomic E-state index is 13.2. The molecular weight excluding hydrogens is 342 g/mol. The molecule has 2 heterocycles. The number of hydrogen-bond donors (Lipinski definition) is 2. The number of phenolic OH excluding ortho intramolecular Hbond substituents is 1. The van der Waals surface area contributed by atoms with Gasteiger partial charge in [0, 0.05) is 11.8 Å². The number of sulfone groups is 1. The van der Waals surface area contributed by atoms with Crippen molar-refractivity contribution in [3.8, 4) is 5.75 Å². The van der Waals surface area contributed by atoms with E-state index in [4.69, 9.17) is 0 Å². The van der Waals surface area contributed by atoms with Gasteiger partial charge in [-0.05, 0) is 42.3 Å². The molecule has 6 nitrogen and oxygen atoms in total. The first-order chi connectivity index (χ1) is 11.7. The summed E-state index contributed by atoms with van der Waals surface area (Å²) in [4.78, 5) is 11.8. The SMILES string of the molecule is CC(C)c1c(C(=O)O)c2ccccn2c1S(=O)(=O)c1ccc(O)cc1. The van der Waals surface area contributed by atoms with Gasteiger partial charge in [0.15, 0.2) is 0 Å². The van der Waals surface area contributed by atoms with E-state index in [1.807, 2.05) is 0 Å². The van der Waals surface area contributed by atoms with Crippen LogP contribution in [0.25, 0.3) is 5.52 Å². The van der Waals surface area contributed by atoms with Gasteiger partial charge in [0.25, 0.3) is 0 Å². The monoisotopic (exact) mass is 359 g/mol. The second-order valence-electron chi connectivity index (χ2n) is 6.01. The van der Waals surface area contributed by atoms with E-state index in [1.165, 1.54) is 28.7 Å². The molecule has 0 aliphatic carbocycles. The number of benzene rings is 1. The third-order valence-electron chi connectivity index (χ3n) is 4.03. The van der Waals surface area contributed by atoms with Crippen LogP contribution in [0.5, 0.6) is 5.75 Å². The second-order valence-corrected chi connectivity index (χ2v) is 7.87. The van der Waals surface area contributed by atoms with Crippen LogP contribution >= 0.6 is 0 Å². The van der Waals surface area contributed by atoms with Gasteiger partial charge in [-0.3, -0.25) is 0 Å². The van der Waals surface area contributed by atoms with E-state index in [2.05, 4.69) is 0 Å². The van der Waals surface area contributed by atoms with Crippen molar-refractivity contribution in [3.05, 3.63) is 59.8 Å². The molecule has 25 heavy (non-hydrogen) atoms. The Morgan fingerprint density at radius 2 is 1.72 bits per heavy atom. The number of pyridine rings is 1. The maximum atomic E-state index is 13.2. The number of carboxylic acids is 1. The van der Waals surface area contributed by atoms with Crippen molar-refractivity contribution in [2.24, 2.45) is 0 Å². The fourth-order valence-electron chi connectivity index (χ4n) is 2.97. The molecular formula is C18H17NO5S. The smallest absolute Gasteiger partial charge is 0.338 e. The van der Waals surface area contributed by atoms with E-state index in [0.29, 0.717) is 5.52 Å². The lowest BCUT2D eigenvalue weighted by molar-refractivity contribution is 0.0697. The molecule has 0 fully saturated rings. The Labute approximate surface area is 144 Å². The molecule has 3 aromatic rings. The van der Waals surface area contributed by atoms with Crippen LogP contribution in [0.4, 0.5) is 0 Å². The van der Waals surface area contributed by atoms with E-state index in [9.17, 15) is 23.4 Å². The van der Waals surface area contributed by atoms with Crippen LogP contribution in [0.15, 0.2) is 58.6 Å². The van der Waals surface area contributed by atoms with Gasteiger partial charge in [-0.2, -0.15) is 0 Å². The minimum absolute atomic E-state index is 0.00652. The lowest BCUT2D eigenvalue weighted by atomic mass is 10.0. The number of carbonyl (C=O) groups is 1. The molecule has 1 aromatic carbocycles. The van der Waals surface area contributed by atoms with Gasteiger partial charge in [-0.25, -0.2) is 13.2 Å². The number of aromatic carboxylic acids is 1. The molecule has 2 aromatic heterocycles. The Morgan fingerprint density at radius 3 is 2.28 bits per heavy atom. The van der Waals surface area contributed by atoms with Crippen molar-refractivity contribution in [3.63, 3.8) is 0 Å². The van der Waals surface area contributed by atoms with Gasteiger partial charge in [0.2, 0.25) is 9.84 Å². The van der Waals surface area contributed by atoms with E-state index in [1.54, 1.807) is 38.2 Å². The summed E-state index contributed by atoms with van der Waals surface area (Å²) in [6, 6.07) is 10.1. The Morgan fingerprint density at radius 1 is 1.08 bits per heavy atom. The Bertz CT molecular complexity index is 1060. The minimum Gasteiger partial charge on any atom is -0.508 e. The minimum atomic E-state index is -3.98. The molecule has 0 radical (unpaired) electrons. The Kier molecular flexibility index (Phi) is 4.04. The first kappa shape index (κ1) is 17.0. The highest BCUT2D eigenvalue weighted by molar-refractivity contribution is 7.91. The number of fused-ring (bicyclic) bond motifs is 1. The zero-order valence-electron chi connectivity index (χ0n) is 13.7. The van der Waals surface area contributed by atoms with Crippen LogP contribution in [0.3, 0.4) is 0 Å². The standard InChI is InChI=1S/C18H17NO5S/c1-11(2)15-16(18(21)22)14-5-3-4-10-19(14)17(15)25(23,24)13-8-6-12(20)7-9-13/h3-11,20H,1-2H3,(H,21,22). The highest BCUT2D eigenvalue weighted by Gasteiger charge is 2.32. The maximum Gasteiger partial charge on any atom is 0.338 e. The first-order valence-corrected chi connectivity index (χ1v) is 9.13. The van der Waals surface area contributed by atoms with Crippen molar-refractivity contribution in [2.75, 3.05) is 0 Å². The molecule has 7 heteroatoms. The third-order valence-corrected chi connectivity index (χ3v) is 5.85. The third kappa shape index (κ3) is 2.66. The first-order valence-electron chi connectivity index (χ1n) is 7.65. The van der Waals surface area contributed by atoms with E-state index in [0.717, 1.165) is 0 Å². The van der Waals surface area contributed by atoms with Crippen LogP contribution in [-0.4, -0.2) is 29.0 Å². The zero-order chi connectivity index (χ0) is 18.4. The van der Waals surface area contributed by atoms with E-state index in [-0.39, 0.29) is 32.7 Å². The summed E-state index contributed by atoms with van der Waals surface area (Å²) in [5.41, 5.74) is 0.593. The largest absolute Gasteiger partial charge is 0.508 e. The summed E-state index contributed by atoms with van der Waals surface area (Å²) in [5.74, 6) is -1.53. The molecule has 0 spiro atoms. The summed E-state index contributed by atoms with van der Waals surface area (Å²) in [5, 5.41) is 19.0. The van der Waals surface area contributed by atoms with Gasteiger partial charge in [0.05, 0.1) is 16.0 Å². The van der Waals surface area contributed by atoms with Crippen LogP contribution in [0, 0.1) is 0 Å². The molecule has 0 aliphatic rings. The molecule has 130 valence electrons. The average Bonchev–Trinajstić information content (AvgIpc) is 2.91. The molecule has 0 saturated heterocycles. The Hall–Kier alpha value is -2.80. The van der Waals surface area contributed by atoms with Crippen molar-refractivity contribution in [2.45, 2.75) is 29.7 Å². The van der Waals surface area contributed by atoms with Crippen LogP contribution < -0.4 is 0 Å². The summed E-state index contributed by atoms with van der Waals surface area (Å²) >= 11 is 0. The van der Waals surface area contributed by atoms with Crippen molar-refractivity contribution in [1.29, 1.82) is 0 Å². The molecule has 0 bridgehead atoms. The van der Waals surface area contributed by atoms with E-state index >= 15 is 0 Å². The quantitative estimate of drug-likeness (QED) is 0.745. The Balaban J connectivity index is 2.45. The molecule has 0 aliphatic heterocycles. The summed E-state index contributed by atoms with van der Waals surface area (Å²) in [7, 11) is -3.98. The molecule has 0 atom stereocenters. The number of carboxylic acid groups (broad SMARTS) is 1. The number of rotatable bonds is 4. The summed E-state index contributed by atoms with van der Waals surface area (Å²) < 4.78 is 27.9. The topological polar surface area (TPSA) is 96.1 Å². The highest BCUT2D eigenvalue weighted by Crippen LogP contribution is 2.36. The molecule has 2 N–H and O–H groups in total. The van der Waals surface area contributed by atoms with Crippen LogP contribution in [0.2, 0.25) is 0 Å². The predicted molar refractivity (Wildman–Crippen MR) is 92.0 cm³/mol.